The number of halogens is 3. The topological polar surface area (TPSA) is 55.0 Å². The van der Waals surface area contributed by atoms with Gasteiger partial charge in [-0.15, -0.1) is 0 Å². The van der Waals surface area contributed by atoms with Gasteiger partial charge < -0.3 is 10.6 Å². The SMILES string of the molecule is CCN(Cc1ccncc1)c1cc(C(F)(F)F)ncc1N. The monoisotopic (exact) mass is 296 g/mol. The molecule has 2 heterocycles. The van der Waals surface area contributed by atoms with E-state index in [0.717, 1.165) is 17.8 Å². The Morgan fingerprint density at radius 3 is 2.48 bits per heavy atom. The molecule has 2 N–H and O–H groups in total. The van der Waals surface area contributed by atoms with Gasteiger partial charge in [-0.1, -0.05) is 0 Å². The predicted molar refractivity (Wildman–Crippen MR) is 74.6 cm³/mol. The van der Waals surface area contributed by atoms with Crippen LogP contribution in [0.15, 0.2) is 36.8 Å². The van der Waals surface area contributed by atoms with E-state index in [0.29, 0.717) is 18.8 Å². The fourth-order valence-electron chi connectivity index (χ4n) is 1.96. The van der Waals surface area contributed by atoms with Crippen LogP contribution in [0.3, 0.4) is 0 Å². The van der Waals surface area contributed by atoms with Crippen molar-refractivity contribution < 1.29 is 13.2 Å². The number of nitrogens with zero attached hydrogens (tertiary/aromatic N) is 3. The van der Waals surface area contributed by atoms with Crippen LogP contribution in [0.25, 0.3) is 0 Å². The lowest BCUT2D eigenvalue weighted by Crippen LogP contribution is -2.24. The lowest BCUT2D eigenvalue weighted by Gasteiger charge is -2.25. The van der Waals surface area contributed by atoms with Crippen molar-refractivity contribution in [2.45, 2.75) is 19.6 Å². The lowest BCUT2D eigenvalue weighted by atomic mass is 10.2. The minimum absolute atomic E-state index is 0.221. The minimum atomic E-state index is -4.49. The van der Waals surface area contributed by atoms with Gasteiger partial charge in [0.05, 0.1) is 17.6 Å². The molecule has 0 bridgehead atoms. The third-order valence-electron chi connectivity index (χ3n) is 3.05. The van der Waals surface area contributed by atoms with Crippen molar-refractivity contribution in [3.63, 3.8) is 0 Å². The van der Waals surface area contributed by atoms with Gasteiger partial charge in [0.15, 0.2) is 0 Å². The molecule has 0 spiro atoms. The first-order chi connectivity index (χ1) is 9.91. The van der Waals surface area contributed by atoms with Gasteiger partial charge in [-0.05, 0) is 30.7 Å². The molecule has 21 heavy (non-hydrogen) atoms. The molecule has 0 aliphatic carbocycles. The van der Waals surface area contributed by atoms with Gasteiger partial charge in [-0.3, -0.25) is 4.98 Å². The summed E-state index contributed by atoms with van der Waals surface area (Å²) in [6.45, 7) is 2.83. The van der Waals surface area contributed by atoms with Gasteiger partial charge in [0.25, 0.3) is 0 Å². The van der Waals surface area contributed by atoms with Gasteiger partial charge in [-0.2, -0.15) is 13.2 Å². The van der Waals surface area contributed by atoms with Crippen LogP contribution in [-0.4, -0.2) is 16.5 Å². The number of aromatic nitrogens is 2. The molecule has 0 aliphatic rings. The number of hydrogen-bond acceptors (Lipinski definition) is 4. The lowest BCUT2D eigenvalue weighted by molar-refractivity contribution is -0.141. The molecule has 0 aromatic carbocycles. The Balaban J connectivity index is 2.33. The Morgan fingerprint density at radius 2 is 1.90 bits per heavy atom. The number of nitrogens with two attached hydrogens (primary N) is 1. The standard InChI is InChI=1S/C14H15F3N4/c1-2-21(9-10-3-5-19-6-4-10)12-7-13(14(15,16)17)20-8-11(12)18/h3-8H,2,9,18H2,1H3. The highest BCUT2D eigenvalue weighted by molar-refractivity contribution is 5.67. The second kappa shape index (κ2) is 5.99. The summed E-state index contributed by atoms with van der Waals surface area (Å²) < 4.78 is 38.3. The number of nitrogen functional groups attached to an aromatic ring is 1. The Labute approximate surface area is 120 Å². The maximum Gasteiger partial charge on any atom is 0.433 e. The third kappa shape index (κ3) is 3.62. The maximum atomic E-state index is 12.8. The summed E-state index contributed by atoms with van der Waals surface area (Å²) in [7, 11) is 0. The van der Waals surface area contributed by atoms with Gasteiger partial charge in [0, 0.05) is 25.5 Å². The van der Waals surface area contributed by atoms with Gasteiger partial charge in [-0.25, -0.2) is 4.98 Å². The fourth-order valence-corrected chi connectivity index (χ4v) is 1.96. The van der Waals surface area contributed by atoms with Crippen molar-refractivity contribution in [2.75, 3.05) is 17.2 Å². The zero-order valence-electron chi connectivity index (χ0n) is 11.4. The molecule has 112 valence electrons. The first-order valence-electron chi connectivity index (χ1n) is 6.38. The van der Waals surface area contributed by atoms with Crippen LogP contribution in [0.4, 0.5) is 24.5 Å². The Kier molecular flexibility index (Phi) is 4.30. The molecule has 0 aliphatic heterocycles. The molecule has 4 nitrogen and oxygen atoms in total. The zero-order valence-corrected chi connectivity index (χ0v) is 11.4. The molecular formula is C14H15F3N4. The van der Waals surface area contributed by atoms with Crippen molar-refractivity contribution >= 4 is 11.4 Å². The quantitative estimate of drug-likeness (QED) is 0.942. The predicted octanol–water partition coefficient (Wildman–Crippen LogP) is 3.10. The van der Waals surface area contributed by atoms with E-state index in [1.54, 1.807) is 17.3 Å². The van der Waals surface area contributed by atoms with Gasteiger partial charge in [0.2, 0.25) is 0 Å². The van der Waals surface area contributed by atoms with E-state index >= 15 is 0 Å². The fraction of sp³-hybridized carbons (Fsp3) is 0.286. The number of rotatable bonds is 4. The van der Waals surface area contributed by atoms with E-state index in [-0.39, 0.29) is 5.69 Å². The van der Waals surface area contributed by atoms with Crippen LogP contribution < -0.4 is 10.6 Å². The minimum Gasteiger partial charge on any atom is -0.396 e. The van der Waals surface area contributed by atoms with E-state index in [4.69, 9.17) is 5.73 Å². The summed E-state index contributed by atoms with van der Waals surface area (Å²) in [4.78, 5) is 9.03. The van der Waals surface area contributed by atoms with Crippen molar-refractivity contribution in [3.05, 3.63) is 48.0 Å². The molecule has 2 rings (SSSR count). The average molecular weight is 296 g/mol. The van der Waals surface area contributed by atoms with E-state index in [1.807, 2.05) is 19.1 Å². The van der Waals surface area contributed by atoms with Crippen LogP contribution >= 0.6 is 0 Å². The zero-order chi connectivity index (χ0) is 15.5. The summed E-state index contributed by atoms with van der Waals surface area (Å²) in [5.41, 5.74) is 6.33. The highest BCUT2D eigenvalue weighted by Crippen LogP contribution is 2.33. The Bertz CT molecular complexity index is 599. The molecule has 0 saturated carbocycles. The first-order valence-corrected chi connectivity index (χ1v) is 6.38. The Hall–Kier alpha value is -2.31. The van der Waals surface area contributed by atoms with Gasteiger partial charge in [0.1, 0.15) is 5.69 Å². The molecule has 0 saturated heterocycles. The first kappa shape index (κ1) is 15.1. The number of anilines is 2. The molecule has 0 amide bonds. The third-order valence-corrected chi connectivity index (χ3v) is 3.05. The summed E-state index contributed by atoms with van der Waals surface area (Å²) in [5.74, 6) is 0. The van der Waals surface area contributed by atoms with Crippen molar-refractivity contribution in [1.82, 2.24) is 9.97 Å². The van der Waals surface area contributed by atoms with Gasteiger partial charge >= 0.3 is 6.18 Å². The second-order valence-corrected chi connectivity index (χ2v) is 4.50. The van der Waals surface area contributed by atoms with E-state index in [2.05, 4.69) is 9.97 Å². The van der Waals surface area contributed by atoms with E-state index < -0.39 is 11.9 Å². The van der Waals surface area contributed by atoms with Crippen molar-refractivity contribution in [2.24, 2.45) is 0 Å². The maximum absolute atomic E-state index is 12.8. The average Bonchev–Trinajstić information content (AvgIpc) is 2.45. The molecular weight excluding hydrogens is 281 g/mol. The summed E-state index contributed by atoms with van der Waals surface area (Å²) in [6, 6.07) is 4.61. The Morgan fingerprint density at radius 1 is 1.24 bits per heavy atom. The molecule has 0 fully saturated rings. The molecule has 0 unspecified atom stereocenters. The van der Waals surface area contributed by atoms with Crippen LogP contribution in [-0.2, 0) is 12.7 Å². The molecule has 2 aromatic heterocycles. The molecule has 2 aromatic rings. The summed E-state index contributed by atoms with van der Waals surface area (Å²) in [5, 5.41) is 0. The van der Waals surface area contributed by atoms with Crippen LogP contribution in [0.5, 0.6) is 0 Å². The molecule has 0 radical (unpaired) electrons. The molecule has 0 atom stereocenters. The van der Waals surface area contributed by atoms with Crippen LogP contribution in [0.2, 0.25) is 0 Å². The smallest absolute Gasteiger partial charge is 0.396 e. The van der Waals surface area contributed by atoms with E-state index in [1.165, 1.54) is 0 Å². The number of pyridine rings is 2. The van der Waals surface area contributed by atoms with Crippen molar-refractivity contribution in [1.29, 1.82) is 0 Å². The molecule has 7 heteroatoms. The normalized spacial score (nSPS) is 11.4. The highest BCUT2D eigenvalue weighted by Gasteiger charge is 2.33. The summed E-state index contributed by atoms with van der Waals surface area (Å²) in [6.07, 6.45) is -0.160. The largest absolute Gasteiger partial charge is 0.433 e. The van der Waals surface area contributed by atoms with Crippen molar-refractivity contribution in [3.8, 4) is 0 Å². The van der Waals surface area contributed by atoms with E-state index in [9.17, 15) is 13.2 Å². The second-order valence-electron chi connectivity index (χ2n) is 4.50. The van der Waals surface area contributed by atoms with Crippen LogP contribution in [0.1, 0.15) is 18.2 Å². The number of hydrogen-bond donors (Lipinski definition) is 1. The van der Waals surface area contributed by atoms with Crippen LogP contribution in [0, 0.1) is 0 Å². The summed E-state index contributed by atoms with van der Waals surface area (Å²) >= 11 is 0. The number of alkyl halides is 3. The highest BCUT2D eigenvalue weighted by atomic mass is 19.4.